The molecule has 3 N–H and O–H groups in total. The van der Waals surface area contributed by atoms with E-state index in [-0.39, 0.29) is 31.0 Å². The third-order valence-electron chi connectivity index (χ3n) is 4.01. The Labute approximate surface area is 135 Å². The molecule has 0 radical (unpaired) electrons. The van der Waals surface area contributed by atoms with Crippen molar-refractivity contribution in [3.05, 3.63) is 29.8 Å². The van der Waals surface area contributed by atoms with Crippen LogP contribution in [0.5, 0.6) is 5.75 Å². The molecule has 1 aromatic carbocycles. The first-order chi connectivity index (χ1) is 11.0. The minimum atomic E-state index is -0.898. The second kappa shape index (κ2) is 7.94. The molecule has 23 heavy (non-hydrogen) atoms. The lowest BCUT2D eigenvalue weighted by Crippen LogP contribution is -2.46. The van der Waals surface area contributed by atoms with Crippen molar-refractivity contribution < 1.29 is 19.4 Å². The predicted octanol–water partition coefficient (Wildman–Crippen LogP) is 0.926. The highest BCUT2D eigenvalue weighted by molar-refractivity contribution is 5.82. The van der Waals surface area contributed by atoms with Gasteiger partial charge in [-0.1, -0.05) is 12.1 Å². The van der Waals surface area contributed by atoms with Crippen LogP contribution in [-0.2, 0) is 9.59 Å². The number of hydrogen-bond acceptors (Lipinski definition) is 5. The Morgan fingerprint density at radius 3 is 2.57 bits per heavy atom. The molecule has 1 fully saturated rings. The van der Waals surface area contributed by atoms with E-state index in [9.17, 15) is 9.59 Å². The standard InChI is InChI=1S/C16H23N3O4/c1-3-19(9-8-15(20)21)16(22)14-10-13(17-18-14)11-4-6-12(23-2)7-5-11/h4-7,13-14,17-18H,3,8-10H2,1-2H3,(H,20,21). The molecule has 1 aliphatic heterocycles. The maximum Gasteiger partial charge on any atom is 0.305 e. The summed E-state index contributed by atoms with van der Waals surface area (Å²) < 4.78 is 5.14. The molecule has 1 saturated heterocycles. The third-order valence-corrected chi connectivity index (χ3v) is 4.01. The van der Waals surface area contributed by atoms with Crippen LogP contribution in [-0.4, -0.2) is 48.1 Å². The third kappa shape index (κ3) is 4.43. The van der Waals surface area contributed by atoms with Gasteiger partial charge in [0.25, 0.3) is 0 Å². The van der Waals surface area contributed by atoms with Crippen molar-refractivity contribution in [2.24, 2.45) is 0 Å². The highest BCUT2D eigenvalue weighted by atomic mass is 16.5. The van der Waals surface area contributed by atoms with Gasteiger partial charge in [-0.15, -0.1) is 0 Å². The maximum atomic E-state index is 12.5. The number of carboxylic acid groups (broad SMARTS) is 1. The zero-order valence-corrected chi connectivity index (χ0v) is 13.4. The summed E-state index contributed by atoms with van der Waals surface area (Å²) in [6.45, 7) is 2.58. The van der Waals surface area contributed by atoms with Crippen LogP contribution in [0.1, 0.15) is 31.4 Å². The SMILES string of the molecule is CCN(CCC(=O)O)C(=O)C1CC(c2ccc(OC)cc2)NN1. The molecule has 0 aliphatic carbocycles. The van der Waals surface area contributed by atoms with Gasteiger partial charge in [0.05, 0.1) is 13.5 Å². The Hall–Kier alpha value is -2.12. The number of hydrazine groups is 1. The second-order valence-electron chi connectivity index (χ2n) is 5.46. The first kappa shape index (κ1) is 17.2. The van der Waals surface area contributed by atoms with Gasteiger partial charge >= 0.3 is 5.97 Å². The van der Waals surface area contributed by atoms with Crippen LogP contribution in [0.3, 0.4) is 0 Å². The number of nitrogens with zero attached hydrogens (tertiary/aromatic N) is 1. The summed E-state index contributed by atoms with van der Waals surface area (Å²) in [6.07, 6.45) is 0.580. The molecule has 1 aliphatic rings. The van der Waals surface area contributed by atoms with Crippen LogP contribution in [0.25, 0.3) is 0 Å². The van der Waals surface area contributed by atoms with Gasteiger partial charge in [0.15, 0.2) is 0 Å². The average Bonchev–Trinajstić information content (AvgIpc) is 3.05. The topological polar surface area (TPSA) is 90.9 Å². The number of ether oxygens (including phenoxy) is 1. The van der Waals surface area contributed by atoms with Crippen LogP contribution in [0.15, 0.2) is 24.3 Å². The number of benzene rings is 1. The molecule has 0 spiro atoms. The monoisotopic (exact) mass is 321 g/mol. The van der Waals surface area contributed by atoms with Crippen molar-refractivity contribution >= 4 is 11.9 Å². The van der Waals surface area contributed by atoms with E-state index in [1.165, 1.54) is 0 Å². The summed E-state index contributed by atoms with van der Waals surface area (Å²) in [7, 11) is 1.62. The van der Waals surface area contributed by atoms with E-state index in [1.54, 1.807) is 12.0 Å². The van der Waals surface area contributed by atoms with Crippen molar-refractivity contribution in [1.29, 1.82) is 0 Å². The van der Waals surface area contributed by atoms with Gasteiger partial charge in [-0.2, -0.15) is 0 Å². The molecule has 7 heteroatoms. The normalized spacial score (nSPS) is 20.3. The number of hydrogen-bond donors (Lipinski definition) is 3. The summed E-state index contributed by atoms with van der Waals surface area (Å²) in [5.41, 5.74) is 7.22. The van der Waals surface area contributed by atoms with E-state index in [0.29, 0.717) is 13.0 Å². The molecular weight excluding hydrogens is 298 g/mol. The van der Waals surface area contributed by atoms with Gasteiger partial charge in [0.2, 0.25) is 5.91 Å². The molecule has 1 aromatic rings. The molecule has 126 valence electrons. The van der Waals surface area contributed by atoms with Crippen molar-refractivity contribution in [3.63, 3.8) is 0 Å². The molecule has 0 saturated carbocycles. The lowest BCUT2D eigenvalue weighted by Gasteiger charge is -2.23. The van der Waals surface area contributed by atoms with E-state index in [2.05, 4.69) is 10.9 Å². The lowest BCUT2D eigenvalue weighted by atomic mass is 10.0. The van der Waals surface area contributed by atoms with Crippen molar-refractivity contribution in [1.82, 2.24) is 15.8 Å². The van der Waals surface area contributed by atoms with Crippen LogP contribution < -0.4 is 15.6 Å². The van der Waals surface area contributed by atoms with Crippen molar-refractivity contribution in [2.45, 2.75) is 31.8 Å². The molecule has 2 unspecified atom stereocenters. The summed E-state index contributed by atoms with van der Waals surface area (Å²) in [5, 5.41) is 8.76. The fourth-order valence-electron chi connectivity index (χ4n) is 2.65. The first-order valence-electron chi connectivity index (χ1n) is 7.70. The number of carboxylic acids is 1. The highest BCUT2D eigenvalue weighted by Crippen LogP contribution is 2.25. The summed E-state index contributed by atoms with van der Waals surface area (Å²) in [5.74, 6) is -0.180. The predicted molar refractivity (Wildman–Crippen MR) is 84.9 cm³/mol. The number of nitrogens with one attached hydrogen (secondary N) is 2. The van der Waals surface area contributed by atoms with Crippen molar-refractivity contribution in [3.8, 4) is 5.75 Å². The average molecular weight is 321 g/mol. The quantitative estimate of drug-likeness (QED) is 0.692. The fraction of sp³-hybridized carbons (Fsp3) is 0.500. The van der Waals surface area contributed by atoms with E-state index < -0.39 is 5.97 Å². The number of aliphatic carboxylic acids is 1. The molecular formula is C16H23N3O4. The molecule has 1 heterocycles. The van der Waals surface area contributed by atoms with E-state index >= 15 is 0 Å². The van der Waals surface area contributed by atoms with Gasteiger partial charge in [-0.3, -0.25) is 9.59 Å². The lowest BCUT2D eigenvalue weighted by molar-refractivity contribution is -0.138. The Morgan fingerprint density at radius 2 is 2.00 bits per heavy atom. The first-order valence-corrected chi connectivity index (χ1v) is 7.70. The molecule has 0 aromatic heterocycles. The van der Waals surface area contributed by atoms with Gasteiger partial charge in [-0.25, -0.2) is 10.9 Å². The largest absolute Gasteiger partial charge is 0.497 e. The number of methoxy groups -OCH3 is 1. The van der Waals surface area contributed by atoms with Crippen LogP contribution >= 0.6 is 0 Å². The Balaban J connectivity index is 1.94. The molecule has 0 bridgehead atoms. The van der Waals surface area contributed by atoms with Crippen LogP contribution in [0.4, 0.5) is 0 Å². The molecule has 2 rings (SSSR count). The van der Waals surface area contributed by atoms with Gasteiger partial charge in [0, 0.05) is 19.1 Å². The van der Waals surface area contributed by atoms with Crippen LogP contribution in [0.2, 0.25) is 0 Å². The number of amides is 1. The molecule has 1 amide bonds. The summed E-state index contributed by atoms with van der Waals surface area (Å²) in [4.78, 5) is 24.7. The smallest absolute Gasteiger partial charge is 0.305 e. The molecule has 2 atom stereocenters. The highest BCUT2D eigenvalue weighted by Gasteiger charge is 2.32. The van der Waals surface area contributed by atoms with Gasteiger partial charge < -0.3 is 14.7 Å². The Bertz CT molecular complexity index is 547. The zero-order chi connectivity index (χ0) is 16.8. The van der Waals surface area contributed by atoms with E-state index in [0.717, 1.165) is 11.3 Å². The minimum Gasteiger partial charge on any atom is -0.497 e. The molecule has 7 nitrogen and oxygen atoms in total. The minimum absolute atomic E-state index is 0.0352. The number of rotatable bonds is 7. The Morgan fingerprint density at radius 1 is 1.30 bits per heavy atom. The van der Waals surface area contributed by atoms with Crippen molar-refractivity contribution in [2.75, 3.05) is 20.2 Å². The zero-order valence-electron chi connectivity index (χ0n) is 13.4. The number of likely N-dealkylation sites (N-methyl/N-ethyl adjacent to an activating group) is 1. The summed E-state index contributed by atoms with van der Waals surface area (Å²) >= 11 is 0. The number of carbonyl (C=O) groups excluding carboxylic acids is 1. The second-order valence-corrected chi connectivity index (χ2v) is 5.46. The van der Waals surface area contributed by atoms with Gasteiger partial charge in [0.1, 0.15) is 11.8 Å². The maximum absolute atomic E-state index is 12.5. The number of carbonyl (C=O) groups is 2. The summed E-state index contributed by atoms with van der Waals surface area (Å²) in [6, 6.07) is 7.39. The van der Waals surface area contributed by atoms with E-state index in [4.69, 9.17) is 9.84 Å². The van der Waals surface area contributed by atoms with Gasteiger partial charge in [-0.05, 0) is 31.0 Å². The fourth-order valence-corrected chi connectivity index (χ4v) is 2.65. The van der Waals surface area contributed by atoms with E-state index in [1.807, 2.05) is 31.2 Å². The van der Waals surface area contributed by atoms with Crippen LogP contribution in [0, 0.1) is 0 Å². The Kier molecular flexibility index (Phi) is 5.95.